The molecule has 0 atom stereocenters. The van der Waals surface area contributed by atoms with Gasteiger partial charge in [0, 0.05) is 17.8 Å². The van der Waals surface area contributed by atoms with Crippen molar-refractivity contribution in [2.75, 3.05) is 11.1 Å². The van der Waals surface area contributed by atoms with E-state index in [1.54, 1.807) is 0 Å². The van der Waals surface area contributed by atoms with Gasteiger partial charge in [-0.2, -0.15) is 0 Å². The van der Waals surface area contributed by atoms with Crippen molar-refractivity contribution in [3.63, 3.8) is 0 Å². The minimum Gasteiger partial charge on any atom is -0.399 e. The zero-order valence-corrected chi connectivity index (χ0v) is 11.8. The molecule has 0 aliphatic carbocycles. The Hall–Kier alpha value is -2.36. The van der Waals surface area contributed by atoms with E-state index >= 15 is 0 Å². The van der Waals surface area contributed by atoms with Crippen LogP contribution in [0.1, 0.15) is 23.4 Å². The van der Waals surface area contributed by atoms with Crippen LogP contribution >= 0.6 is 0 Å². The predicted molar refractivity (Wildman–Crippen MR) is 81.5 cm³/mol. The van der Waals surface area contributed by atoms with Crippen LogP contribution in [0, 0.1) is 13.8 Å². The van der Waals surface area contributed by atoms with Crippen LogP contribution in [-0.4, -0.2) is 10.9 Å². The van der Waals surface area contributed by atoms with E-state index < -0.39 is 0 Å². The summed E-state index contributed by atoms with van der Waals surface area (Å²) in [4.78, 5) is 16.3. The zero-order chi connectivity index (χ0) is 14.5. The summed E-state index contributed by atoms with van der Waals surface area (Å²) >= 11 is 0. The fourth-order valence-electron chi connectivity index (χ4n) is 1.97. The van der Waals surface area contributed by atoms with Gasteiger partial charge in [0.05, 0.1) is 11.4 Å². The van der Waals surface area contributed by atoms with Crippen molar-refractivity contribution < 1.29 is 4.79 Å². The number of benzene rings is 1. The summed E-state index contributed by atoms with van der Waals surface area (Å²) in [7, 11) is 0. The molecule has 104 valence electrons. The average Bonchev–Trinajstić information content (AvgIpc) is 2.41. The zero-order valence-electron chi connectivity index (χ0n) is 11.8. The van der Waals surface area contributed by atoms with Gasteiger partial charge in [-0.3, -0.25) is 9.78 Å². The highest BCUT2D eigenvalue weighted by Gasteiger charge is 2.06. The van der Waals surface area contributed by atoms with E-state index in [1.165, 1.54) is 0 Å². The number of carbonyl (C=O) groups is 1. The first-order chi connectivity index (χ1) is 9.54. The summed E-state index contributed by atoms with van der Waals surface area (Å²) < 4.78 is 0. The maximum atomic E-state index is 11.9. The number of aryl methyl sites for hydroxylation is 3. The van der Waals surface area contributed by atoms with Crippen LogP contribution in [0.15, 0.2) is 36.4 Å². The molecule has 1 heterocycles. The smallest absolute Gasteiger partial charge is 0.224 e. The number of hydrogen-bond donors (Lipinski definition) is 2. The van der Waals surface area contributed by atoms with E-state index in [0.29, 0.717) is 12.8 Å². The number of amides is 1. The van der Waals surface area contributed by atoms with Gasteiger partial charge in [-0.1, -0.05) is 12.1 Å². The lowest BCUT2D eigenvalue weighted by Gasteiger charge is -2.08. The van der Waals surface area contributed by atoms with Gasteiger partial charge >= 0.3 is 0 Å². The van der Waals surface area contributed by atoms with Crippen molar-refractivity contribution in [1.82, 2.24) is 4.98 Å². The molecule has 2 aromatic rings. The molecular weight excluding hydrogens is 250 g/mol. The van der Waals surface area contributed by atoms with Crippen LogP contribution in [0.4, 0.5) is 11.4 Å². The lowest BCUT2D eigenvalue weighted by molar-refractivity contribution is -0.116. The second-order valence-electron chi connectivity index (χ2n) is 4.88. The number of nitrogens with zero attached hydrogens (tertiary/aromatic N) is 1. The fourth-order valence-corrected chi connectivity index (χ4v) is 1.97. The van der Waals surface area contributed by atoms with Gasteiger partial charge in [0.25, 0.3) is 0 Å². The highest BCUT2D eigenvalue weighted by atomic mass is 16.1. The van der Waals surface area contributed by atoms with E-state index in [4.69, 9.17) is 5.73 Å². The Morgan fingerprint density at radius 1 is 1.15 bits per heavy atom. The largest absolute Gasteiger partial charge is 0.399 e. The summed E-state index contributed by atoms with van der Waals surface area (Å²) in [6, 6.07) is 11.4. The topological polar surface area (TPSA) is 68.0 Å². The number of nitrogen functional groups attached to an aromatic ring is 1. The molecule has 1 amide bonds. The van der Waals surface area contributed by atoms with Crippen LogP contribution in [-0.2, 0) is 11.2 Å². The van der Waals surface area contributed by atoms with Crippen LogP contribution in [0.5, 0.6) is 0 Å². The van der Waals surface area contributed by atoms with E-state index in [-0.39, 0.29) is 5.91 Å². The predicted octanol–water partition coefficient (Wildman–Crippen LogP) is 2.85. The number of carbonyl (C=O) groups excluding carboxylic acids is 1. The Labute approximate surface area is 119 Å². The quantitative estimate of drug-likeness (QED) is 0.839. The van der Waals surface area contributed by atoms with E-state index in [2.05, 4.69) is 10.3 Å². The molecule has 0 saturated heterocycles. The van der Waals surface area contributed by atoms with Crippen LogP contribution in [0.2, 0.25) is 0 Å². The van der Waals surface area contributed by atoms with Gasteiger partial charge < -0.3 is 11.1 Å². The molecule has 0 fully saturated rings. The molecule has 0 saturated carbocycles. The summed E-state index contributed by atoms with van der Waals surface area (Å²) in [5, 5.41) is 2.89. The maximum absolute atomic E-state index is 11.9. The average molecular weight is 269 g/mol. The standard InChI is InChI=1S/C16H19N3O/c1-11-3-9-15(12(2)18-11)19-16(20)10-6-13-4-7-14(17)8-5-13/h3-5,7-9H,6,10,17H2,1-2H3,(H,19,20). The minimum atomic E-state index is -0.00409. The van der Waals surface area contributed by atoms with Crippen LogP contribution in [0.3, 0.4) is 0 Å². The first kappa shape index (κ1) is 14.1. The van der Waals surface area contributed by atoms with Crippen molar-refractivity contribution in [3.8, 4) is 0 Å². The molecule has 2 rings (SSSR count). The van der Waals surface area contributed by atoms with Crippen LogP contribution < -0.4 is 11.1 Å². The maximum Gasteiger partial charge on any atom is 0.224 e. The van der Waals surface area contributed by atoms with Gasteiger partial charge in [-0.15, -0.1) is 0 Å². The molecule has 0 unspecified atom stereocenters. The third-order valence-corrected chi connectivity index (χ3v) is 3.12. The molecule has 1 aromatic heterocycles. The normalized spacial score (nSPS) is 10.3. The Morgan fingerprint density at radius 3 is 2.50 bits per heavy atom. The monoisotopic (exact) mass is 269 g/mol. The second kappa shape index (κ2) is 6.19. The van der Waals surface area contributed by atoms with Crippen molar-refractivity contribution in [2.45, 2.75) is 26.7 Å². The molecular formula is C16H19N3O. The first-order valence-electron chi connectivity index (χ1n) is 6.63. The number of pyridine rings is 1. The molecule has 0 aliphatic heterocycles. The van der Waals surface area contributed by atoms with Crippen LogP contribution in [0.25, 0.3) is 0 Å². The second-order valence-corrected chi connectivity index (χ2v) is 4.88. The summed E-state index contributed by atoms with van der Waals surface area (Å²) in [5.74, 6) is -0.00409. The van der Waals surface area contributed by atoms with Crippen molar-refractivity contribution >= 4 is 17.3 Å². The molecule has 1 aromatic carbocycles. The molecule has 0 spiro atoms. The van der Waals surface area contributed by atoms with E-state index in [0.717, 1.165) is 28.3 Å². The van der Waals surface area contributed by atoms with Gasteiger partial charge in [-0.05, 0) is 50.1 Å². The van der Waals surface area contributed by atoms with Crippen molar-refractivity contribution in [1.29, 1.82) is 0 Å². The Balaban J connectivity index is 1.90. The molecule has 4 nitrogen and oxygen atoms in total. The number of nitrogens with two attached hydrogens (primary N) is 1. The Bertz CT molecular complexity index is 606. The summed E-state index contributed by atoms with van der Waals surface area (Å²) in [5.41, 5.74) is 10.0. The fraction of sp³-hybridized carbons (Fsp3) is 0.250. The van der Waals surface area contributed by atoms with Gasteiger partial charge in [-0.25, -0.2) is 0 Å². The summed E-state index contributed by atoms with van der Waals surface area (Å²) in [6.07, 6.45) is 1.14. The number of aromatic nitrogens is 1. The molecule has 20 heavy (non-hydrogen) atoms. The highest BCUT2D eigenvalue weighted by Crippen LogP contribution is 2.14. The van der Waals surface area contributed by atoms with Crippen molar-refractivity contribution in [3.05, 3.63) is 53.3 Å². The highest BCUT2D eigenvalue weighted by molar-refractivity contribution is 5.91. The van der Waals surface area contributed by atoms with Gasteiger partial charge in [0.2, 0.25) is 5.91 Å². The number of nitrogens with one attached hydrogen (secondary N) is 1. The van der Waals surface area contributed by atoms with Gasteiger partial charge in [0.15, 0.2) is 0 Å². The number of rotatable bonds is 4. The molecule has 0 radical (unpaired) electrons. The van der Waals surface area contributed by atoms with E-state index in [1.807, 2.05) is 50.2 Å². The Morgan fingerprint density at radius 2 is 1.85 bits per heavy atom. The minimum absolute atomic E-state index is 0.00409. The number of hydrogen-bond acceptors (Lipinski definition) is 3. The molecule has 0 aliphatic rings. The lowest BCUT2D eigenvalue weighted by Crippen LogP contribution is -2.13. The third-order valence-electron chi connectivity index (χ3n) is 3.12. The third kappa shape index (κ3) is 3.82. The van der Waals surface area contributed by atoms with E-state index in [9.17, 15) is 4.79 Å². The van der Waals surface area contributed by atoms with Crippen molar-refractivity contribution in [2.24, 2.45) is 0 Å². The summed E-state index contributed by atoms with van der Waals surface area (Å²) in [6.45, 7) is 3.82. The first-order valence-corrected chi connectivity index (χ1v) is 6.63. The molecule has 0 bridgehead atoms. The molecule has 4 heteroatoms. The molecule has 3 N–H and O–H groups in total. The Kier molecular flexibility index (Phi) is 4.35. The lowest BCUT2D eigenvalue weighted by atomic mass is 10.1. The van der Waals surface area contributed by atoms with Gasteiger partial charge in [0.1, 0.15) is 0 Å². The number of anilines is 2. The SMILES string of the molecule is Cc1ccc(NC(=O)CCc2ccc(N)cc2)c(C)n1.